The van der Waals surface area contributed by atoms with Crippen LogP contribution in [0.4, 0.5) is 19.0 Å². The molecule has 1 aliphatic heterocycles. The third-order valence-electron chi connectivity index (χ3n) is 7.74. The first-order chi connectivity index (χ1) is 21.2. The molecule has 0 unspecified atom stereocenters. The van der Waals surface area contributed by atoms with E-state index in [1.807, 2.05) is 54.6 Å². The van der Waals surface area contributed by atoms with Gasteiger partial charge in [0.05, 0.1) is 14.2 Å². The van der Waals surface area contributed by atoms with Gasteiger partial charge >= 0.3 is 5.92 Å². The van der Waals surface area contributed by atoms with Crippen molar-refractivity contribution in [2.75, 3.05) is 34.5 Å². The highest BCUT2D eigenvalue weighted by atomic mass is 19.3. The summed E-state index contributed by atoms with van der Waals surface area (Å²) in [5, 5.41) is 3.34. The number of benzene rings is 3. The van der Waals surface area contributed by atoms with Crippen LogP contribution >= 0.6 is 0 Å². The Labute approximate surface area is 253 Å². The maximum Gasteiger partial charge on any atom is 0.310 e. The minimum atomic E-state index is -3.70. The fourth-order valence-electron chi connectivity index (χ4n) is 5.44. The molecule has 0 fully saturated rings. The van der Waals surface area contributed by atoms with Gasteiger partial charge in [-0.25, -0.2) is 9.38 Å². The molecule has 8 nitrogen and oxygen atoms in total. The van der Waals surface area contributed by atoms with E-state index in [0.29, 0.717) is 22.6 Å². The number of pyridine rings is 1. The zero-order chi connectivity index (χ0) is 31.4. The van der Waals surface area contributed by atoms with Crippen LogP contribution in [0.2, 0.25) is 0 Å². The first-order valence-corrected chi connectivity index (χ1v) is 13.8. The second kappa shape index (κ2) is 12.5. The lowest BCUT2D eigenvalue weighted by Gasteiger charge is -2.44. The number of alkyl halides is 2. The minimum absolute atomic E-state index is 0.184. The maximum atomic E-state index is 16.0. The Morgan fingerprint density at radius 2 is 1.41 bits per heavy atom. The lowest BCUT2D eigenvalue weighted by atomic mass is 9.77. The van der Waals surface area contributed by atoms with E-state index in [4.69, 9.17) is 24.7 Å². The van der Waals surface area contributed by atoms with E-state index in [2.05, 4.69) is 15.3 Å². The molecule has 5 rings (SSSR count). The molecule has 3 aromatic carbocycles. The first kappa shape index (κ1) is 30.7. The molecule has 0 bridgehead atoms. The number of ether oxygens (including phenoxy) is 4. The molecule has 11 heteroatoms. The number of aromatic nitrogens is 1. The zero-order valence-electron chi connectivity index (χ0n) is 24.4. The van der Waals surface area contributed by atoms with Crippen molar-refractivity contribution in [3.63, 3.8) is 0 Å². The molecule has 0 aliphatic carbocycles. The SMILES string of the molecule is COCC[C@]1(c2nc([NH-])ccc2F)N=C(NC(c2ccccc2)(c2ccc(OC)cc2)c2ccc(OC)cc2)OCC1(F)F. The number of amidine groups is 1. The van der Waals surface area contributed by atoms with Gasteiger partial charge in [-0.2, -0.15) is 8.78 Å². The van der Waals surface area contributed by atoms with Crippen molar-refractivity contribution in [1.29, 1.82) is 0 Å². The zero-order valence-corrected chi connectivity index (χ0v) is 24.4. The predicted molar refractivity (Wildman–Crippen MR) is 160 cm³/mol. The summed E-state index contributed by atoms with van der Waals surface area (Å²) in [4.78, 5) is 8.32. The Morgan fingerprint density at radius 3 is 1.95 bits per heavy atom. The molecule has 44 heavy (non-hydrogen) atoms. The molecule has 1 atom stereocenters. The van der Waals surface area contributed by atoms with Gasteiger partial charge in [-0.1, -0.05) is 66.5 Å². The summed E-state index contributed by atoms with van der Waals surface area (Å²) in [5.74, 6) is -3.85. The number of aliphatic imine (C=N–C) groups is 1. The molecule has 0 spiro atoms. The number of halogens is 3. The number of methoxy groups -OCH3 is 3. The van der Waals surface area contributed by atoms with Gasteiger partial charge in [-0.3, -0.25) is 0 Å². The molecule has 4 aromatic rings. The van der Waals surface area contributed by atoms with Gasteiger partial charge in [-0.15, -0.1) is 0 Å². The van der Waals surface area contributed by atoms with E-state index < -0.39 is 41.5 Å². The van der Waals surface area contributed by atoms with E-state index >= 15 is 13.2 Å². The fourth-order valence-corrected chi connectivity index (χ4v) is 5.44. The minimum Gasteiger partial charge on any atom is -0.497 e. The molecule has 2 heterocycles. The second-order valence-corrected chi connectivity index (χ2v) is 10.2. The summed E-state index contributed by atoms with van der Waals surface area (Å²) < 4.78 is 68.8. The van der Waals surface area contributed by atoms with Gasteiger partial charge in [0.15, 0.2) is 12.1 Å². The van der Waals surface area contributed by atoms with Gasteiger partial charge < -0.3 is 35.0 Å². The highest BCUT2D eigenvalue weighted by molar-refractivity contribution is 5.79. The Kier molecular flexibility index (Phi) is 8.68. The Morgan fingerprint density at radius 1 is 0.841 bits per heavy atom. The number of hydrogen-bond acceptors (Lipinski definition) is 7. The third kappa shape index (κ3) is 5.50. The van der Waals surface area contributed by atoms with Crippen LogP contribution < -0.4 is 14.8 Å². The van der Waals surface area contributed by atoms with Crippen LogP contribution in [0.25, 0.3) is 5.73 Å². The highest BCUT2D eigenvalue weighted by Crippen LogP contribution is 2.48. The largest absolute Gasteiger partial charge is 0.497 e. The van der Waals surface area contributed by atoms with E-state index in [0.717, 1.165) is 17.7 Å². The van der Waals surface area contributed by atoms with Crippen molar-refractivity contribution < 1.29 is 32.1 Å². The standard InChI is InChI=1S/C33H32F3N4O4/c1-41-20-19-31(29-27(34)17-18-28(37)38-29)32(35,36)21-44-30(39-31)40-33(22-7-5-4-6-8-22,23-9-13-25(42-2)14-10-23)24-11-15-26(43-3)16-12-24/h4-18H,19-21H2,1-3H3,(H2-,37,38,39,40)/q-1/t31-/m1/s1. The van der Waals surface area contributed by atoms with E-state index in [1.54, 1.807) is 38.5 Å². The van der Waals surface area contributed by atoms with Crippen LogP contribution in [0.3, 0.4) is 0 Å². The summed E-state index contributed by atoms with van der Waals surface area (Å²) in [6.45, 7) is -1.31. The topological polar surface area (TPSA) is 98.0 Å². The molecule has 0 saturated carbocycles. The monoisotopic (exact) mass is 605 g/mol. The molecule has 0 amide bonds. The second-order valence-electron chi connectivity index (χ2n) is 10.2. The van der Waals surface area contributed by atoms with Crippen LogP contribution in [0, 0.1) is 5.82 Å². The summed E-state index contributed by atoms with van der Waals surface area (Å²) in [6, 6.07) is 25.7. The lowest BCUT2D eigenvalue weighted by Crippen LogP contribution is -2.57. The summed E-state index contributed by atoms with van der Waals surface area (Å²) in [5.41, 5.74) is 5.68. The Balaban J connectivity index is 1.78. The molecule has 2 N–H and O–H groups in total. The molecular weight excluding hydrogens is 573 g/mol. The molecule has 0 radical (unpaired) electrons. The lowest BCUT2D eigenvalue weighted by molar-refractivity contribution is -0.132. The van der Waals surface area contributed by atoms with E-state index in [-0.39, 0.29) is 18.4 Å². The van der Waals surface area contributed by atoms with E-state index in [9.17, 15) is 0 Å². The summed E-state index contributed by atoms with van der Waals surface area (Å²) >= 11 is 0. The average molecular weight is 606 g/mol. The van der Waals surface area contributed by atoms with Crippen LogP contribution in [0.1, 0.15) is 28.8 Å². The fraction of sp³-hybridized carbons (Fsp3) is 0.273. The van der Waals surface area contributed by atoms with Gasteiger partial charge in [0.2, 0.25) is 0 Å². The van der Waals surface area contributed by atoms with Crippen LogP contribution in [-0.4, -0.2) is 51.5 Å². The van der Waals surface area contributed by atoms with Crippen molar-refractivity contribution in [3.8, 4) is 11.5 Å². The number of nitrogens with zero attached hydrogens (tertiary/aromatic N) is 2. The number of rotatable bonds is 10. The third-order valence-corrected chi connectivity index (χ3v) is 7.74. The van der Waals surface area contributed by atoms with Crippen molar-refractivity contribution in [3.05, 3.63) is 125 Å². The van der Waals surface area contributed by atoms with Gasteiger partial charge in [0.25, 0.3) is 6.02 Å². The van der Waals surface area contributed by atoms with Crippen molar-refractivity contribution in [2.24, 2.45) is 4.99 Å². The van der Waals surface area contributed by atoms with Crippen LogP contribution in [-0.2, 0) is 20.6 Å². The molecule has 0 saturated heterocycles. The van der Waals surface area contributed by atoms with Crippen LogP contribution in [0.5, 0.6) is 11.5 Å². The molecule has 1 aromatic heterocycles. The molecule has 1 aliphatic rings. The average Bonchev–Trinajstić information content (AvgIpc) is 3.05. The predicted octanol–water partition coefficient (Wildman–Crippen LogP) is 6.76. The van der Waals surface area contributed by atoms with Gasteiger partial charge in [-0.05, 0) is 47.0 Å². The molecule has 230 valence electrons. The molecular formula is C33H32F3N4O4-. The van der Waals surface area contributed by atoms with Crippen molar-refractivity contribution in [2.45, 2.75) is 23.4 Å². The van der Waals surface area contributed by atoms with Crippen LogP contribution in [0.15, 0.2) is 96.0 Å². The van der Waals surface area contributed by atoms with Crippen molar-refractivity contribution >= 4 is 11.8 Å². The Hall–Kier alpha value is -4.77. The first-order valence-electron chi connectivity index (χ1n) is 13.8. The quantitative estimate of drug-likeness (QED) is 0.201. The van der Waals surface area contributed by atoms with E-state index in [1.165, 1.54) is 7.11 Å². The number of nitrogens with one attached hydrogen (secondary N) is 2. The Bertz CT molecular complexity index is 1550. The summed E-state index contributed by atoms with van der Waals surface area (Å²) in [7, 11) is 4.47. The smallest absolute Gasteiger partial charge is 0.310 e. The summed E-state index contributed by atoms with van der Waals surface area (Å²) in [6.07, 6.45) is -0.429. The van der Waals surface area contributed by atoms with Gasteiger partial charge in [0.1, 0.15) is 22.9 Å². The van der Waals surface area contributed by atoms with Gasteiger partial charge in [0, 0.05) is 25.8 Å². The number of hydrogen-bond donors (Lipinski definition) is 1. The van der Waals surface area contributed by atoms with Crippen molar-refractivity contribution in [1.82, 2.24) is 10.3 Å². The normalized spacial score (nSPS) is 17.7. The highest BCUT2D eigenvalue weighted by Gasteiger charge is 2.59. The maximum absolute atomic E-state index is 16.0.